The molecule has 7 heteroatoms. The molecular weight excluding hydrogens is 385 g/mol. The van der Waals surface area contributed by atoms with E-state index >= 15 is 0 Å². The van der Waals surface area contributed by atoms with Crippen LogP contribution in [0.15, 0.2) is 53.6 Å². The Morgan fingerprint density at radius 3 is 2.44 bits per heavy atom. The van der Waals surface area contributed by atoms with E-state index in [1.165, 1.54) is 12.1 Å². The molecule has 0 saturated carbocycles. The number of aromatic nitrogens is 1. The summed E-state index contributed by atoms with van der Waals surface area (Å²) in [4.78, 5) is 12.1. The zero-order valence-electron chi connectivity index (χ0n) is 14.7. The number of aromatic hydroxyl groups is 1. The lowest BCUT2D eigenvalue weighted by Gasteiger charge is -2.10. The minimum Gasteiger partial charge on any atom is -0.507 e. The van der Waals surface area contributed by atoms with Gasteiger partial charge in [-0.2, -0.15) is 5.10 Å². The van der Waals surface area contributed by atoms with Gasteiger partial charge in [0.15, 0.2) is 0 Å². The van der Waals surface area contributed by atoms with E-state index in [9.17, 15) is 9.90 Å². The van der Waals surface area contributed by atoms with Crippen molar-refractivity contribution in [3.05, 3.63) is 81.1 Å². The summed E-state index contributed by atoms with van der Waals surface area (Å²) in [7, 11) is 0. The number of para-hydroxylation sites is 1. The first-order valence-electron chi connectivity index (χ1n) is 8.13. The minimum absolute atomic E-state index is 0.0961. The van der Waals surface area contributed by atoms with Gasteiger partial charge in [0.25, 0.3) is 5.91 Å². The molecule has 2 aromatic carbocycles. The summed E-state index contributed by atoms with van der Waals surface area (Å²) in [6.07, 6.45) is 1.56. The van der Waals surface area contributed by atoms with E-state index in [1.54, 1.807) is 24.4 Å². The summed E-state index contributed by atoms with van der Waals surface area (Å²) < 4.78 is 2.00. The summed E-state index contributed by atoms with van der Waals surface area (Å²) in [5.41, 5.74) is 6.16. The first-order valence-corrected chi connectivity index (χ1v) is 8.89. The van der Waals surface area contributed by atoms with Crippen molar-refractivity contribution < 1.29 is 9.90 Å². The molecule has 2 N–H and O–H groups in total. The van der Waals surface area contributed by atoms with E-state index in [4.69, 9.17) is 23.2 Å². The third-order valence-corrected chi connectivity index (χ3v) is 4.53. The van der Waals surface area contributed by atoms with E-state index in [1.807, 2.05) is 36.6 Å². The molecule has 0 fully saturated rings. The van der Waals surface area contributed by atoms with E-state index in [0.29, 0.717) is 10.0 Å². The normalized spacial score (nSPS) is 11.1. The molecule has 1 amide bonds. The van der Waals surface area contributed by atoms with Gasteiger partial charge in [-0.15, -0.1) is 0 Å². The van der Waals surface area contributed by atoms with Crippen LogP contribution in [-0.2, 0) is 0 Å². The van der Waals surface area contributed by atoms with Gasteiger partial charge in [0.2, 0.25) is 0 Å². The maximum atomic E-state index is 12.1. The summed E-state index contributed by atoms with van der Waals surface area (Å²) in [5, 5.41) is 14.8. The third kappa shape index (κ3) is 4.15. The Kier molecular flexibility index (Phi) is 5.54. The SMILES string of the molecule is Cc1cc(/C=N\NC(=O)c2ccccc2O)c(C)n1-c1cc(Cl)cc(Cl)c1. The summed E-state index contributed by atoms with van der Waals surface area (Å²) in [5.74, 6) is -0.582. The van der Waals surface area contributed by atoms with Crippen molar-refractivity contribution >= 4 is 35.3 Å². The van der Waals surface area contributed by atoms with Crippen LogP contribution < -0.4 is 5.43 Å². The number of phenols is 1. The van der Waals surface area contributed by atoms with Crippen molar-refractivity contribution in [2.24, 2.45) is 5.10 Å². The number of carbonyl (C=O) groups is 1. The Bertz CT molecular complexity index is 1020. The van der Waals surface area contributed by atoms with Crippen LogP contribution in [0.1, 0.15) is 27.3 Å². The van der Waals surface area contributed by atoms with Crippen molar-refractivity contribution in [3.63, 3.8) is 0 Å². The van der Waals surface area contributed by atoms with Crippen molar-refractivity contribution in [1.82, 2.24) is 9.99 Å². The van der Waals surface area contributed by atoms with Crippen LogP contribution in [0, 0.1) is 13.8 Å². The molecule has 0 bridgehead atoms. The number of aryl methyl sites for hydroxylation is 1. The second-order valence-corrected chi connectivity index (χ2v) is 6.88. The van der Waals surface area contributed by atoms with Gasteiger partial charge < -0.3 is 9.67 Å². The molecule has 0 aliphatic carbocycles. The fraction of sp³-hybridized carbons (Fsp3) is 0.100. The Hall–Kier alpha value is -2.76. The maximum absolute atomic E-state index is 12.1. The lowest BCUT2D eigenvalue weighted by molar-refractivity contribution is 0.0952. The molecule has 3 aromatic rings. The Balaban J connectivity index is 1.83. The van der Waals surface area contributed by atoms with E-state index < -0.39 is 5.91 Å². The number of halogens is 2. The number of amides is 1. The Labute approximate surface area is 166 Å². The number of carbonyl (C=O) groups excluding carboxylic acids is 1. The molecule has 0 atom stereocenters. The molecule has 0 unspecified atom stereocenters. The average Bonchev–Trinajstić information content (AvgIpc) is 2.88. The molecule has 138 valence electrons. The second-order valence-electron chi connectivity index (χ2n) is 6.01. The number of nitrogens with zero attached hydrogens (tertiary/aromatic N) is 2. The number of hydrogen-bond donors (Lipinski definition) is 2. The summed E-state index contributed by atoms with van der Waals surface area (Å²) >= 11 is 12.2. The lowest BCUT2D eigenvalue weighted by atomic mass is 10.2. The monoisotopic (exact) mass is 401 g/mol. The fourth-order valence-corrected chi connectivity index (χ4v) is 3.38. The summed E-state index contributed by atoms with van der Waals surface area (Å²) in [6, 6.07) is 13.6. The Morgan fingerprint density at radius 1 is 1.11 bits per heavy atom. The van der Waals surface area contributed by atoms with Gasteiger partial charge >= 0.3 is 0 Å². The largest absolute Gasteiger partial charge is 0.507 e. The maximum Gasteiger partial charge on any atom is 0.275 e. The van der Waals surface area contributed by atoms with Gasteiger partial charge in [-0.25, -0.2) is 5.43 Å². The van der Waals surface area contributed by atoms with Gasteiger partial charge in [0.1, 0.15) is 5.75 Å². The minimum atomic E-state index is -0.486. The van der Waals surface area contributed by atoms with Gasteiger partial charge in [-0.1, -0.05) is 35.3 Å². The van der Waals surface area contributed by atoms with E-state index in [0.717, 1.165) is 22.6 Å². The van der Waals surface area contributed by atoms with Crippen LogP contribution in [-0.4, -0.2) is 21.8 Å². The Morgan fingerprint density at radius 2 is 1.78 bits per heavy atom. The predicted octanol–water partition coefficient (Wildman–Crippen LogP) is 4.87. The molecule has 0 aliphatic rings. The third-order valence-electron chi connectivity index (χ3n) is 4.09. The van der Waals surface area contributed by atoms with Crippen molar-refractivity contribution in [2.45, 2.75) is 13.8 Å². The van der Waals surface area contributed by atoms with E-state index in [2.05, 4.69) is 10.5 Å². The molecule has 0 radical (unpaired) electrons. The molecule has 0 spiro atoms. The number of phenolic OH excluding ortho intramolecular Hbond substituents is 1. The molecular formula is C20H17Cl2N3O2. The van der Waals surface area contributed by atoms with Crippen LogP contribution in [0.2, 0.25) is 10.0 Å². The number of benzene rings is 2. The first kappa shape index (κ1) is 19.0. The van der Waals surface area contributed by atoms with Gasteiger partial charge in [0, 0.05) is 32.7 Å². The molecule has 1 aromatic heterocycles. The van der Waals surface area contributed by atoms with Crippen molar-refractivity contribution in [1.29, 1.82) is 0 Å². The highest BCUT2D eigenvalue weighted by molar-refractivity contribution is 6.34. The van der Waals surface area contributed by atoms with Crippen LogP contribution in [0.3, 0.4) is 0 Å². The topological polar surface area (TPSA) is 66.6 Å². The first-order chi connectivity index (χ1) is 12.9. The van der Waals surface area contributed by atoms with Crippen LogP contribution in [0.25, 0.3) is 5.69 Å². The molecule has 5 nitrogen and oxygen atoms in total. The quantitative estimate of drug-likeness (QED) is 0.483. The van der Waals surface area contributed by atoms with Crippen molar-refractivity contribution in [3.8, 4) is 11.4 Å². The molecule has 27 heavy (non-hydrogen) atoms. The number of nitrogens with one attached hydrogen (secondary N) is 1. The van der Waals surface area contributed by atoms with Gasteiger partial charge in [0.05, 0.1) is 11.8 Å². The van der Waals surface area contributed by atoms with Crippen LogP contribution >= 0.6 is 23.2 Å². The molecule has 3 rings (SSSR count). The lowest BCUT2D eigenvalue weighted by Crippen LogP contribution is -2.17. The smallest absolute Gasteiger partial charge is 0.275 e. The highest BCUT2D eigenvalue weighted by atomic mass is 35.5. The number of rotatable bonds is 4. The standard InChI is InChI=1S/C20H17Cl2N3O2/c1-12-7-14(11-23-24-20(27)18-5-3-4-6-19(18)26)13(2)25(12)17-9-15(21)8-16(22)10-17/h3-11,26H,1-2H3,(H,24,27)/b23-11-. The number of hydrazone groups is 1. The fourth-order valence-electron chi connectivity index (χ4n) is 2.87. The highest BCUT2D eigenvalue weighted by Gasteiger charge is 2.12. The van der Waals surface area contributed by atoms with E-state index in [-0.39, 0.29) is 11.3 Å². The van der Waals surface area contributed by atoms with Crippen LogP contribution in [0.5, 0.6) is 5.75 Å². The second kappa shape index (κ2) is 7.86. The van der Waals surface area contributed by atoms with Crippen LogP contribution in [0.4, 0.5) is 0 Å². The van der Waals surface area contributed by atoms with Gasteiger partial charge in [-0.3, -0.25) is 4.79 Å². The average molecular weight is 402 g/mol. The molecule has 0 saturated heterocycles. The molecule has 1 heterocycles. The zero-order valence-corrected chi connectivity index (χ0v) is 16.2. The number of hydrogen-bond acceptors (Lipinski definition) is 3. The summed E-state index contributed by atoms with van der Waals surface area (Å²) in [6.45, 7) is 3.90. The predicted molar refractivity (Wildman–Crippen MR) is 108 cm³/mol. The van der Waals surface area contributed by atoms with Gasteiger partial charge in [-0.05, 0) is 50.2 Å². The zero-order chi connectivity index (χ0) is 19.6. The molecule has 0 aliphatic heterocycles. The highest BCUT2D eigenvalue weighted by Crippen LogP contribution is 2.26. The van der Waals surface area contributed by atoms with Crippen molar-refractivity contribution in [2.75, 3.05) is 0 Å².